The van der Waals surface area contributed by atoms with Crippen LogP contribution in [0.25, 0.3) is 10.9 Å². The third-order valence-corrected chi connectivity index (χ3v) is 3.51. The van der Waals surface area contributed by atoms with E-state index in [1.54, 1.807) is 24.4 Å². The van der Waals surface area contributed by atoms with Crippen LogP contribution in [0.1, 0.15) is 5.56 Å². The molecule has 4 nitrogen and oxygen atoms in total. The summed E-state index contributed by atoms with van der Waals surface area (Å²) in [6, 6.07) is 14.9. The van der Waals surface area contributed by atoms with E-state index >= 15 is 0 Å². The second kappa shape index (κ2) is 6.03. The summed E-state index contributed by atoms with van der Waals surface area (Å²) in [5, 5.41) is 13.7. The number of fused-ring (bicyclic) bond motifs is 1. The van der Waals surface area contributed by atoms with Crippen molar-refractivity contribution in [1.29, 1.82) is 0 Å². The van der Waals surface area contributed by atoms with Gasteiger partial charge in [-0.3, -0.25) is 9.78 Å². The number of pyridine rings is 1. The summed E-state index contributed by atoms with van der Waals surface area (Å²) >= 11 is 5.95. The Bertz CT molecular complexity index is 849. The number of nitrogens with one attached hydrogen (secondary N) is 1. The minimum absolute atomic E-state index is 0.0934. The Hall–Kier alpha value is -2.59. The van der Waals surface area contributed by atoms with Gasteiger partial charge in [-0.25, -0.2) is 0 Å². The third kappa shape index (κ3) is 3.18. The number of carbonyl (C=O) groups is 1. The summed E-state index contributed by atoms with van der Waals surface area (Å²) in [6.45, 7) is 0. The Morgan fingerprint density at radius 2 is 2.00 bits per heavy atom. The molecule has 1 heterocycles. The lowest BCUT2D eigenvalue weighted by Gasteiger charge is -2.12. The first-order valence-electron chi connectivity index (χ1n) is 6.74. The van der Waals surface area contributed by atoms with E-state index in [9.17, 15) is 4.79 Å². The number of halogens is 1. The number of benzene rings is 2. The fourth-order valence-electron chi connectivity index (χ4n) is 2.29. The van der Waals surface area contributed by atoms with Crippen molar-refractivity contribution in [2.45, 2.75) is 6.42 Å². The number of carboxylic acid groups (broad SMARTS) is 1. The number of carboxylic acids is 1. The molecule has 0 spiro atoms. The molecule has 2 aromatic carbocycles. The first-order valence-corrected chi connectivity index (χ1v) is 7.11. The van der Waals surface area contributed by atoms with Crippen LogP contribution in [0.2, 0.25) is 5.02 Å². The summed E-state index contributed by atoms with van der Waals surface area (Å²) in [5.41, 5.74) is 3.06. The molecule has 0 atom stereocenters. The van der Waals surface area contributed by atoms with E-state index in [4.69, 9.17) is 16.7 Å². The van der Waals surface area contributed by atoms with Gasteiger partial charge in [0.1, 0.15) is 0 Å². The maximum absolute atomic E-state index is 11.0. The molecule has 0 amide bonds. The molecule has 0 bridgehead atoms. The molecule has 2 N–H and O–H groups in total. The molecule has 3 aromatic rings. The topological polar surface area (TPSA) is 62.2 Å². The van der Waals surface area contributed by atoms with Crippen molar-refractivity contribution in [3.8, 4) is 0 Å². The molecular weight excluding hydrogens is 300 g/mol. The van der Waals surface area contributed by atoms with E-state index in [1.807, 2.05) is 30.3 Å². The van der Waals surface area contributed by atoms with Crippen molar-refractivity contribution >= 4 is 39.8 Å². The lowest BCUT2D eigenvalue weighted by molar-refractivity contribution is -0.136. The maximum Gasteiger partial charge on any atom is 0.307 e. The smallest absolute Gasteiger partial charge is 0.307 e. The highest BCUT2D eigenvalue weighted by molar-refractivity contribution is 6.30. The first kappa shape index (κ1) is 14.4. The van der Waals surface area contributed by atoms with Gasteiger partial charge in [-0.15, -0.1) is 0 Å². The van der Waals surface area contributed by atoms with Gasteiger partial charge in [0.05, 0.1) is 23.8 Å². The zero-order chi connectivity index (χ0) is 15.5. The van der Waals surface area contributed by atoms with E-state index in [0.717, 1.165) is 16.6 Å². The average molecular weight is 313 g/mol. The molecule has 0 unspecified atom stereocenters. The van der Waals surface area contributed by atoms with Crippen molar-refractivity contribution in [1.82, 2.24) is 4.98 Å². The fraction of sp³-hybridized carbons (Fsp3) is 0.0588. The van der Waals surface area contributed by atoms with Gasteiger partial charge in [-0.2, -0.15) is 0 Å². The molecule has 0 saturated carbocycles. The molecule has 0 fully saturated rings. The van der Waals surface area contributed by atoms with Gasteiger partial charge in [-0.05, 0) is 35.9 Å². The monoisotopic (exact) mass is 312 g/mol. The van der Waals surface area contributed by atoms with Crippen LogP contribution in [0.3, 0.4) is 0 Å². The maximum atomic E-state index is 11.0. The molecule has 0 aliphatic rings. The van der Waals surface area contributed by atoms with Gasteiger partial charge in [0.25, 0.3) is 0 Å². The molecule has 1 aromatic heterocycles. The molecule has 22 heavy (non-hydrogen) atoms. The van der Waals surface area contributed by atoms with Gasteiger partial charge in [0, 0.05) is 16.1 Å². The molecule has 0 aliphatic carbocycles. The van der Waals surface area contributed by atoms with Gasteiger partial charge in [0.2, 0.25) is 0 Å². The number of nitrogens with zero attached hydrogens (tertiary/aromatic N) is 1. The average Bonchev–Trinajstić information content (AvgIpc) is 2.49. The molecule has 5 heteroatoms. The number of rotatable bonds is 4. The normalized spacial score (nSPS) is 10.6. The molecular formula is C17H13ClN2O2. The minimum atomic E-state index is -0.901. The van der Waals surface area contributed by atoms with Crippen molar-refractivity contribution in [3.63, 3.8) is 0 Å². The number of para-hydroxylation sites is 1. The Balaban J connectivity index is 1.95. The van der Waals surface area contributed by atoms with Gasteiger partial charge >= 0.3 is 5.97 Å². The Morgan fingerprint density at radius 3 is 2.82 bits per heavy atom. The van der Waals surface area contributed by atoms with Crippen molar-refractivity contribution in [2.24, 2.45) is 0 Å². The summed E-state index contributed by atoms with van der Waals surface area (Å²) in [6.07, 6.45) is 1.63. The van der Waals surface area contributed by atoms with E-state index in [0.29, 0.717) is 16.3 Å². The quantitative estimate of drug-likeness (QED) is 0.755. The number of hydrogen-bond donors (Lipinski definition) is 2. The predicted molar refractivity (Wildman–Crippen MR) is 87.8 cm³/mol. The second-order valence-electron chi connectivity index (χ2n) is 4.91. The summed E-state index contributed by atoms with van der Waals surface area (Å²) in [5.74, 6) is -0.901. The number of anilines is 2. The highest BCUT2D eigenvalue weighted by atomic mass is 35.5. The van der Waals surface area contributed by atoms with E-state index in [-0.39, 0.29) is 6.42 Å². The third-order valence-electron chi connectivity index (χ3n) is 3.28. The molecule has 0 radical (unpaired) electrons. The van der Waals surface area contributed by atoms with E-state index < -0.39 is 5.97 Å². The lowest BCUT2D eigenvalue weighted by atomic mass is 10.1. The van der Waals surface area contributed by atoms with Crippen LogP contribution in [0.15, 0.2) is 54.7 Å². The molecule has 3 rings (SSSR count). The lowest BCUT2D eigenvalue weighted by Crippen LogP contribution is -2.04. The molecule has 0 saturated heterocycles. The van der Waals surface area contributed by atoms with Crippen LogP contribution in [0.5, 0.6) is 0 Å². The summed E-state index contributed by atoms with van der Waals surface area (Å²) in [7, 11) is 0. The fourth-order valence-corrected chi connectivity index (χ4v) is 2.48. The zero-order valence-electron chi connectivity index (χ0n) is 11.6. The standard InChI is InChI=1S/C17H13ClN2O2/c18-13-5-6-16(12(7-13)9-17(21)22)20-14-8-11-3-1-2-4-15(11)19-10-14/h1-8,10,20H,9H2,(H,21,22). The minimum Gasteiger partial charge on any atom is -0.481 e. The van der Waals surface area contributed by atoms with Crippen molar-refractivity contribution < 1.29 is 9.90 Å². The van der Waals surface area contributed by atoms with E-state index in [2.05, 4.69) is 10.3 Å². The number of aromatic nitrogens is 1. The second-order valence-corrected chi connectivity index (χ2v) is 5.35. The Labute approximate surface area is 132 Å². The van der Waals surface area contributed by atoms with Crippen molar-refractivity contribution in [2.75, 3.05) is 5.32 Å². The highest BCUT2D eigenvalue weighted by Crippen LogP contribution is 2.26. The Kier molecular flexibility index (Phi) is 3.94. The van der Waals surface area contributed by atoms with Crippen LogP contribution in [-0.2, 0) is 11.2 Å². The van der Waals surface area contributed by atoms with Crippen LogP contribution in [0.4, 0.5) is 11.4 Å². The SMILES string of the molecule is O=C(O)Cc1cc(Cl)ccc1Nc1cnc2ccccc2c1. The largest absolute Gasteiger partial charge is 0.481 e. The van der Waals surface area contributed by atoms with Crippen LogP contribution in [0, 0.1) is 0 Å². The number of hydrogen-bond acceptors (Lipinski definition) is 3. The summed E-state index contributed by atoms with van der Waals surface area (Å²) < 4.78 is 0. The molecule has 110 valence electrons. The predicted octanol–water partition coefficient (Wildman–Crippen LogP) is 4.26. The number of aliphatic carboxylic acids is 1. The van der Waals surface area contributed by atoms with Gasteiger partial charge in [0.15, 0.2) is 0 Å². The van der Waals surface area contributed by atoms with Crippen LogP contribution < -0.4 is 5.32 Å². The van der Waals surface area contributed by atoms with Crippen molar-refractivity contribution in [3.05, 3.63) is 65.3 Å². The van der Waals surface area contributed by atoms with Crippen LogP contribution in [-0.4, -0.2) is 16.1 Å². The van der Waals surface area contributed by atoms with E-state index in [1.165, 1.54) is 0 Å². The summed E-state index contributed by atoms with van der Waals surface area (Å²) in [4.78, 5) is 15.4. The molecule has 0 aliphatic heterocycles. The first-order chi connectivity index (χ1) is 10.6. The van der Waals surface area contributed by atoms with Crippen LogP contribution >= 0.6 is 11.6 Å². The zero-order valence-corrected chi connectivity index (χ0v) is 12.3. The van der Waals surface area contributed by atoms with Gasteiger partial charge < -0.3 is 10.4 Å². The highest BCUT2D eigenvalue weighted by Gasteiger charge is 2.08. The van der Waals surface area contributed by atoms with Gasteiger partial charge in [-0.1, -0.05) is 29.8 Å². The Morgan fingerprint density at radius 1 is 1.18 bits per heavy atom.